The highest BCUT2D eigenvalue weighted by Gasteiger charge is 2.20. The zero-order valence-corrected chi connectivity index (χ0v) is 10.8. The molecule has 2 rings (SSSR count). The number of carbonyl (C=O) groups is 1. The van der Waals surface area contributed by atoms with Crippen LogP contribution in [0.4, 0.5) is 4.79 Å². The molecule has 1 N–H and O–H groups in total. The number of nitrogens with zero attached hydrogens (tertiary/aromatic N) is 1. The molecule has 1 aromatic rings. The molecule has 1 aromatic carbocycles. The lowest BCUT2D eigenvalue weighted by Gasteiger charge is -2.23. The second-order valence-electron chi connectivity index (χ2n) is 4.84. The number of hydrogen-bond donors (Lipinski definition) is 1. The summed E-state index contributed by atoms with van der Waals surface area (Å²) < 4.78 is 0. The van der Waals surface area contributed by atoms with Gasteiger partial charge in [0.15, 0.2) is 0 Å². The van der Waals surface area contributed by atoms with E-state index in [-0.39, 0.29) is 6.03 Å². The van der Waals surface area contributed by atoms with Gasteiger partial charge in [-0.15, -0.1) is 0 Å². The van der Waals surface area contributed by atoms with Crippen molar-refractivity contribution in [2.45, 2.75) is 38.3 Å². The molecule has 3 heteroatoms. The highest BCUT2D eigenvalue weighted by atomic mass is 16.2. The predicted octanol–water partition coefficient (Wildman–Crippen LogP) is 2.97. The lowest BCUT2D eigenvalue weighted by molar-refractivity contribution is 0.196. The minimum atomic E-state index is 0.0146. The Bertz CT molecular complexity index is 371. The Morgan fingerprint density at radius 2 is 1.94 bits per heavy atom. The van der Waals surface area contributed by atoms with Gasteiger partial charge in [-0.3, -0.25) is 0 Å². The third-order valence-electron chi connectivity index (χ3n) is 3.46. The van der Waals surface area contributed by atoms with Crippen molar-refractivity contribution in [1.29, 1.82) is 0 Å². The Balaban J connectivity index is 1.89. The Kier molecular flexibility index (Phi) is 4.62. The highest BCUT2D eigenvalue weighted by molar-refractivity contribution is 5.74. The van der Waals surface area contributed by atoms with Crippen LogP contribution in [0.15, 0.2) is 30.3 Å². The third-order valence-corrected chi connectivity index (χ3v) is 3.46. The van der Waals surface area contributed by atoms with E-state index in [9.17, 15) is 4.79 Å². The zero-order chi connectivity index (χ0) is 12.8. The van der Waals surface area contributed by atoms with Gasteiger partial charge in [-0.1, -0.05) is 43.2 Å². The minimum Gasteiger partial charge on any atom is -0.335 e. The van der Waals surface area contributed by atoms with E-state index in [4.69, 9.17) is 0 Å². The van der Waals surface area contributed by atoms with Gasteiger partial charge < -0.3 is 10.2 Å². The quantitative estimate of drug-likeness (QED) is 0.869. The van der Waals surface area contributed by atoms with Crippen molar-refractivity contribution in [2.75, 3.05) is 6.54 Å². The molecule has 3 nitrogen and oxygen atoms in total. The second-order valence-corrected chi connectivity index (χ2v) is 4.84. The number of amides is 2. The van der Waals surface area contributed by atoms with Crippen molar-refractivity contribution in [3.05, 3.63) is 42.8 Å². The van der Waals surface area contributed by atoms with Crippen molar-refractivity contribution in [2.24, 2.45) is 0 Å². The van der Waals surface area contributed by atoms with Crippen LogP contribution in [0.1, 0.15) is 31.2 Å². The summed E-state index contributed by atoms with van der Waals surface area (Å²) in [4.78, 5) is 13.9. The summed E-state index contributed by atoms with van der Waals surface area (Å²) in [6.07, 6.45) is 4.69. The maximum absolute atomic E-state index is 12.1. The molecule has 18 heavy (non-hydrogen) atoms. The molecule has 0 bridgehead atoms. The summed E-state index contributed by atoms with van der Waals surface area (Å²) in [5, 5.41) is 3.10. The molecule has 0 spiro atoms. The number of carbonyl (C=O) groups excluding carboxylic acids is 1. The minimum absolute atomic E-state index is 0.0146. The Hall–Kier alpha value is -1.51. The third kappa shape index (κ3) is 3.49. The van der Waals surface area contributed by atoms with E-state index in [0.29, 0.717) is 19.1 Å². The summed E-state index contributed by atoms with van der Waals surface area (Å²) in [5.41, 5.74) is 1.14. The maximum atomic E-state index is 12.1. The molecule has 1 fully saturated rings. The molecule has 2 amide bonds. The first-order valence-corrected chi connectivity index (χ1v) is 6.68. The van der Waals surface area contributed by atoms with E-state index >= 15 is 0 Å². The molecule has 1 aliphatic carbocycles. The van der Waals surface area contributed by atoms with Crippen molar-refractivity contribution in [3.8, 4) is 0 Å². The molecule has 1 radical (unpaired) electrons. The Morgan fingerprint density at radius 1 is 1.28 bits per heavy atom. The van der Waals surface area contributed by atoms with Crippen molar-refractivity contribution >= 4 is 6.03 Å². The molecular weight excluding hydrogens is 224 g/mol. The molecule has 0 atom stereocenters. The van der Waals surface area contributed by atoms with Gasteiger partial charge in [0.1, 0.15) is 0 Å². The fourth-order valence-corrected chi connectivity index (χ4v) is 2.39. The summed E-state index contributed by atoms with van der Waals surface area (Å²) in [6.45, 7) is 4.96. The van der Waals surface area contributed by atoms with Gasteiger partial charge in [0.05, 0.1) is 0 Å². The molecule has 1 saturated carbocycles. The summed E-state index contributed by atoms with van der Waals surface area (Å²) in [7, 11) is 0. The molecule has 0 unspecified atom stereocenters. The van der Waals surface area contributed by atoms with Crippen LogP contribution in [-0.2, 0) is 6.54 Å². The highest BCUT2D eigenvalue weighted by Crippen LogP contribution is 2.18. The van der Waals surface area contributed by atoms with E-state index < -0.39 is 0 Å². The van der Waals surface area contributed by atoms with Crippen LogP contribution >= 0.6 is 0 Å². The zero-order valence-electron chi connectivity index (χ0n) is 10.8. The first-order valence-electron chi connectivity index (χ1n) is 6.68. The van der Waals surface area contributed by atoms with Crippen LogP contribution < -0.4 is 5.32 Å². The molecule has 97 valence electrons. The topological polar surface area (TPSA) is 32.3 Å². The molecular formula is C15H21N2O. The van der Waals surface area contributed by atoms with Crippen LogP contribution in [-0.4, -0.2) is 23.5 Å². The van der Waals surface area contributed by atoms with E-state index in [1.54, 1.807) is 4.90 Å². The van der Waals surface area contributed by atoms with Crippen LogP contribution in [0.2, 0.25) is 0 Å². The van der Waals surface area contributed by atoms with Gasteiger partial charge in [-0.2, -0.15) is 0 Å². The van der Waals surface area contributed by atoms with Gasteiger partial charge in [-0.05, 0) is 25.3 Å². The number of urea groups is 1. The molecule has 0 aliphatic heterocycles. The number of nitrogens with one attached hydrogen (secondary N) is 1. The van der Waals surface area contributed by atoms with Gasteiger partial charge in [-0.25, -0.2) is 4.79 Å². The van der Waals surface area contributed by atoms with Crippen molar-refractivity contribution in [3.63, 3.8) is 0 Å². The fraction of sp³-hybridized carbons (Fsp3) is 0.467. The summed E-state index contributed by atoms with van der Waals surface area (Å²) in [5.74, 6) is 0. The summed E-state index contributed by atoms with van der Waals surface area (Å²) in [6, 6.07) is 10.4. The number of rotatable bonds is 4. The SMILES string of the molecule is [CH2]CN(Cc1ccccc1)C(=O)NC1CCCC1. The number of hydrogen-bond acceptors (Lipinski definition) is 1. The molecule has 0 heterocycles. The van der Waals surface area contributed by atoms with Gasteiger partial charge in [0.25, 0.3) is 0 Å². The molecule has 1 aliphatic rings. The fourth-order valence-electron chi connectivity index (χ4n) is 2.39. The first kappa shape index (κ1) is 12.9. The smallest absolute Gasteiger partial charge is 0.317 e. The average Bonchev–Trinajstić information content (AvgIpc) is 2.90. The summed E-state index contributed by atoms with van der Waals surface area (Å²) >= 11 is 0. The Morgan fingerprint density at radius 3 is 2.56 bits per heavy atom. The normalized spacial score (nSPS) is 15.6. The van der Waals surface area contributed by atoms with Crippen LogP contribution in [0.5, 0.6) is 0 Å². The first-order chi connectivity index (χ1) is 8.79. The van der Waals surface area contributed by atoms with E-state index in [1.807, 2.05) is 30.3 Å². The lowest BCUT2D eigenvalue weighted by atomic mass is 10.2. The molecule has 0 aromatic heterocycles. The van der Waals surface area contributed by atoms with Crippen LogP contribution in [0.25, 0.3) is 0 Å². The Labute approximate surface area is 109 Å². The van der Waals surface area contributed by atoms with Gasteiger partial charge in [0.2, 0.25) is 0 Å². The van der Waals surface area contributed by atoms with E-state index in [0.717, 1.165) is 18.4 Å². The second kappa shape index (κ2) is 6.43. The largest absolute Gasteiger partial charge is 0.335 e. The maximum Gasteiger partial charge on any atom is 0.317 e. The average molecular weight is 245 g/mol. The van der Waals surface area contributed by atoms with Crippen LogP contribution in [0.3, 0.4) is 0 Å². The van der Waals surface area contributed by atoms with Crippen LogP contribution in [0, 0.1) is 6.92 Å². The van der Waals surface area contributed by atoms with Crippen molar-refractivity contribution in [1.82, 2.24) is 10.2 Å². The van der Waals surface area contributed by atoms with Crippen molar-refractivity contribution < 1.29 is 4.79 Å². The van der Waals surface area contributed by atoms with Gasteiger partial charge in [0, 0.05) is 19.1 Å². The number of benzene rings is 1. The van der Waals surface area contributed by atoms with E-state index in [1.165, 1.54) is 12.8 Å². The predicted molar refractivity (Wildman–Crippen MR) is 73.0 cm³/mol. The molecule has 0 saturated heterocycles. The monoisotopic (exact) mass is 245 g/mol. The van der Waals surface area contributed by atoms with E-state index in [2.05, 4.69) is 12.2 Å². The lowest BCUT2D eigenvalue weighted by Crippen LogP contribution is -2.43. The van der Waals surface area contributed by atoms with Gasteiger partial charge >= 0.3 is 6.03 Å². The standard InChI is InChI=1S/C15H21N2O/c1-2-17(12-13-8-4-3-5-9-13)15(18)16-14-10-6-7-11-14/h3-5,8-9,14H,1-2,6-7,10-12H2,(H,16,18).